The van der Waals surface area contributed by atoms with Gasteiger partial charge in [0.25, 0.3) is 5.91 Å². The Balaban J connectivity index is 1.88. The van der Waals surface area contributed by atoms with E-state index >= 15 is 0 Å². The van der Waals surface area contributed by atoms with Crippen LogP contribution in [0.3, 0.4) is 0 Å². The molecule has 0 radical (unpaired) electrons. The number of rotatable bonds is 6. The Morgan fingerprint density at radius 2 is 2.11 bits per heavy atom. The standard InChI is InChI=1S/C19H20ClN7O/c1-3-23-18(28)11-4-6-14(15(20)9-11)17-25-19(27(2)26-17)24-13-5-7-16(22)12(8-13)10-21/h4-10,21H,3,22H2,1-2H3,(H,23,28)(H,24,25,26). The Morgan fingerprint density at radius 3 is 2.79 bits per heavy atom. The first-order valence-electron chi connectivity index (χ1n) is 8.59. The number of nitrogens with two attached hydrogens (primary N) is 1. The summed E-state index contributed by atoms with van der Waals surface area (Å²) in [6.45, 7) is 2.40. The van der Waals surface area contributed by atoms with Crippen LogP contribution in [0, 0.1) is 5.41 Å². The van der Waals surface area contributed by atoms with E-state index in [1.165, 1.54) is 6.21 Å². The van der Waals surface area contributed by atoms with Gasteiger partial charge in [0.05, 0.1) is 5.02 Å². The normalized spacial score (nSPS) is 10.5. The zero-order chi connectivity index (χ0) is 20.3. The average Bonchev–Trinajstić information content (AvgIpc) is 3.03. The molecule has 0 fully saturated rings. The first-order valence-corrected chi connectivity index (χ1v) is 8.97. The molecule has 1 amide bonds. The maximum absolute atomic E-state index is 11.9. The molecule has 0 unspecified atom stereocenters. The fourth-order valence-corrected chi connectivity index (χ4v) is 2.88. The van der Waals surface area contributed by atoms with E-state index in [4.69, 9.17) is 22.7 Å². The number of hydrogen-bond acceptors (Lipinski definition) is 6. The molecule has 0 aliphatic heterocycles. The smallest absolute Gasteiger partial charge is 0.251 e. The molecule has 2 aromatic carbocycles. The van der Waals surface area contributed by atoms with E-state index in [0.29, 0.717) is 45.7 Å². The van der Waals surface area contributed by atoms with Crippen LogP contribution in [0.25, 0.3) is 11.4 Å². The Labute approximate surface area is 167 Å². The summed E-state index contributed by atoms with van der Waals surface area (Å²) in [6, 6.07) is 10.3. The predicted molar refractivity (Wildman–Crippen MR) is 111 cm³/mol. The second-order valence-electron chi connectivity index (χ2n) is 6.05. The lowest BCUT2D eigenvalue weighted by Gasteiger charge is -2.07. The van der Waals surface area contributed by atoms with E-state index in [0.717, 1.165) is 5.69 Å². The zero-order valence-corrected chi connectivity index (χ0v) is 16.2. The molecule has 0 bridgehead atoms. The highest BCUT2D eigenvalue weighted by atomic mass is 35.5. The molecule has 3 rings (SSSR count). The summed E-state index contributed by atoms with van der Waals surface area (Å²) in [5.74, 6) is 0.748. The van der Waals surface area contributed by atoms with Gasteiger partial charge >= 0.3 is 0 Å². The largest absolute Gasteiger partial charge is 0.398 e. The topological polar surface area (TPSA) is 122 Å². The lowest BCUT2D eigenvalue weighted by molar-refractivity contribution is 0.0956. The Bertz CT molecular complexity index is 1040. The van der Waals surface area contributed by atoms with Gasteiger partial charge in [-0.05, 0) is 43.3 Å². The molecule has 3 aromatic rings. The van der Waals surface area contributed by atoms with Gasteiger partial charge in [-0.2, -0.15) is 4.98 Å². The van der Waals surface area contributed by atoms with E-state index in [1.54, 1.807) is 48.1 Å². The third-order valence-corrected chi connectivity index (χ3v) is 4.38. The van der Waals surface area contributed by atoms with Crippen molar-refractivity contribution in [1.29, 1.82) is 5.41 Å². The van der Waals surface area contributed by atoms with Gasteiger partial charge in [0.2, 0.25) is 5.95 Å². The molecular weight excluding hydrogens is 378 g/mol. The maximum atomic E-state index is 11.9. The van der Waals surface area contributed by atoms with Crippen molar-refractivity contribution in [3.8, 4) is 11.4 Å². The zero-order valence-electron chi connectivity index (χ0n) is 15.5. The number of aryl methyl sites for hydroxylation is 1. The summed E-state index contributed by atoms with van der Waals surface area (Å²) in [5, 5.41) is 18.1. The van der Waals surface area contributed by atoms with Crippen molar-refractivity contribution < 1.29 is 4.79 Å². The first kappa shape index (κ1) is 19.4. The minimum atomic E-state index is -0.183. The lowest BCUT2D eigenvalue weighted by atomic mass is 10.1. The van der Waals surface area contributed by atoms with Gasteiger partial charge in [-0.15, -0.1) is 5.10 Å². The molecule has 9 heteroatoms. The maximum Gasteiger partial charge on any atom is 0.251 e. The van der Waals surface area contributed by atoms with Crippen LogP contribution in [-0.2, 0) is 7.05 Å². The van der Waals surface area contributed by atoms with Gasteiger partial charge in [0.1, 0.15) is 0 Å². The Morgan fingerprint density at radius 1 is 1.32 bits per heavy atom. The van der Waals surface area contributed by atoms with Gasteiger partial charge in [-0.1, -0.05) is 11.6 Å². The molecule has 0 spiro atoms. The molecule has 0 aliphatic carbocycles. The van der Waals surface area contributed by atoms with E-state index in [1.807, 2.05) is 6.92 Å². The molecule has 0 aliphatic rings. The number of carbonyl (C=O) groups excluding carboxylic acids is 1. The fourth-order valence-electron chi connectivity index (χ4n) is 2.61. The van der Waals surface area contributed by atoms with Crippen LogP contribution in [0.2, 0.25) is 5.02 Å². The highest BCUT2D eigenvalue weighted by molar-refractivity contribution is 6.33. The molecule has 0 saturated carbocycles. The number of nitrogens with one attached hydrogen (secondary N) is 3. The van der Waals surface area contributed by atoms with Crippen molar-refractivity contribution >= 4 is 41.0 Å². The summed E-state index contributed by atoms with van der Waals surface area (Å²) < 4.78 is 1.59. The number of nitrogens with zero attached hydrogens (tertiary/aromatic N) is 3. The molecule has 0 atom stereocenters. The number of halogens is 1. The third kappa shape index (κ3) is 3.96. The van der Waals surface area contributed by atoms with Crippen LogP contribution in [-0.4, -0.2) is 33.4 Å². The minimum absolute atomic E-state index is 0.183. The number of carbonyl (C=O) groups is 1. The second-order valence-corrected chi connectivity index (χ2v) is 6.46. The molecule has 5 N–H and O–H groups in total. The van der Waals surface area contributed by atoms with Gasteiger partial charge in [-0.25, -0.2) is 4.68 Å². The highest BCUT2D eigenvalue weighted by Crippen LogP contribution is 2.28. The number of hydrogen-bond donors (Lipinski definition) is 4. The van der Waals surface area contributed by atoms with Crippen LogP contribution < -0.4 is 16.4 Å². The van der Waals surface area contributed by atoms with Crippen molar-refractivity contribution in [2.75, 3.05) is 17.6 Å². The van der Waals surface area contributed by atoms with E-state index in [-0.39, 0.29) is 5.91 Å². The summed E-state index contributed by atoms with van der Waals surface area (Å²) in [4.78, 5) is 16.4. The highest BCUT2D eigenvalue weighted by Gasteiger charge is 2.15. The molecule has 8 nitrogen and oxygen atoms in total. The first-order chi connectivity index (χ1) is 13.4. The Hall–Kier alpha value is -3.39. The number of nitrogen functional groups attached to an aromatic ring is 1. The van der Waals surface area contributed by atoms with Crippen molar-refractivity contribution in [2.24, 2.45) is 7.05 Å². The van der Waals surface area contributed by atoms with E-state index in [2.05, 4.69) is 20.7 Å². The van der Waals surface area contributed by atoms with Gasteiger partial charge in [-0.3, -0.25) is 4.79 Å². The molecular formula is C19H20ClN7O. The number of amides is 1. The number of anilines is 3. The summed E-state index contributed by atoms with van der Waals surface area (Å²) in [6.07, 6.45) is 1.19. The summed E-state index contributed by atoms with van der Waals surface area (Å²) >= 11 is 6.36. The molecule has 144 valence electrons. The van der Waals surface area contributed by atoms with E-state index in [9.17, 15) is 4.79 Å². The number of aromatic nitrogens is 3. The second kappa shape index (κ2) is 8.10. The molecule has 28 heavy (non-hydrogen) atoms. The van der Waals surface area contributed by atoms with Crippen molar-refractivity contribution in [2.45, 2.75) is 6.92 Å². The van der Waals surface area contributed by atoms with Crippen LogP contribution >= 0.6 is 11.6 Å². The van der Waals surface area contributed by atoms with Crippen LogP contribution in [0.1, 0.15) is 22.8 Å². The van der Waals surface area contributed by atoms with Gasteiger partial charge in [0, 0.05) is 47.9 Å². The van der Waals surface area contributed by atoms with Crippen LogP contribution in [0.4, 0.5) is 17.3 Å². The van der Waals surface area contributed by atoms with Crippen LogP contribution in [0.5, 0.6) is 0 Å². The average molecular weight is 398 g/mol. The number of benzene rings is 2. The Kier molecular flexibility index (Phi) is 5.60. The fraction of sp³-hybridized carbons (Fsp3) is 0.158. The molecule has 0 saturated heterocycles. The van der Waals surface area contributed by atoms with Crippen molar-refractivity contribution in [3.05, 3.63) is 52.5 Å². The monoisotopic (exact) mass is 397 g/mol. The predicted octanol–water partition coefficient (Wildman–Crippen LogP) is 3.21. The summed E-state index contributed by atoms with van der Waals surface area (Å²) in [7, 11) is 1.75. The lowest BCUT2D eigenvalue weighted by Crippen LogP contribution is -2.22. The van der Waals surface area contributed by atoms with Gasteiger partial charge in [0.15, 0.2) is 5.82 Å². The third-order valence-electron chi connectivity index (χ3n) is 4.07. The summed E-state index contributed by atoms with van der Waals surface area (Å²) in [5.41, 5.74) is 8.78. The minimum Gasteiger partial charge on any atom is -0.398 e. The van der Waals surface area contributed by atoms with Crippen molar-refractivity contribution in [3.63, 3.8) is 0 Å². The van der Waals surface area contributed by atoms with Gasteiger partial charge < -0.3 is 21.8 Å². The van der Waals surface area contributed by atoms with Crippen LogP contribution in [0.15, 0.2) is 36.4 Å². The van der Waals surface area contributed by atoms with Crippen molar-refractivity contribution in [1.82, 2.24) is 20.1 Å². The quantitative estimate of drug-likeness (QED) is 0.376. The molecule has 1 heterocycles. The SMILES string of the molecule is CCNC(=O)c1ccc(-c2nc(Nc3ccc(N)c(C=N)c3)n(C)n2)c(Cl)c1. The van der Waals surface area contributed by atoms with E-state index < -0.39 is 0 Å². The molecule has 1 aromatic heterocycles.